The van der Waals surface area contributed by atoms with E-state index in [9.17, 15) is 4.79 Å². The normalized spacial score (nSPS) is 10.8. The summed E-state index contributed by atoms with van der Waals surface area (Å²) in [7, 11) is 0. The zero-order valence-electron chi connectivity index (χ0n) is 12.6. The fourth-order valence-corrected chi connectivity index (χ4v) is 1.73. The first-order chi connectivity index (χ1) is 9.54. The molecule has 3 N–H and O–H groups in total. The maximum Gasteiger partial charge on any atom is 0.251 e. The Bertz CT molecular complexity index is 433. The minimum absolute atomic E-state index is 0.114. The third-order valence-corrected chi connectivity index (χ3v) is 2.82. The Hall–Kier alpha value is -1.62. The SMILES string of the molecule is CCCOCCCNC(=O)c1cc(N)nc(C(C)C)c1. The number of amides is 1. The van der Waals surface area contributed by atoms with E-state index < -0.39 is 0 Å². The Kier molecular flexibility index (Phi) is 7.01. The molecule has 0 fully saturated rings. The second-order valence-corrected chi connectivity index (χ2v) is 5.08. The molecule has 20 heavy (non-hydrogen) atoms. The molecule has 1 aromatic rings. The lowest BCUT2D eigenvalue weighted by Gasteiger charge is -2.10. The molecule has 1 heterocycles. The smallest absolute Gasteiger partial charge is 0.251 e. The van der Waals surface area contributed by atoms with Gasteiger partial charge in [-0.15, -0.1) is 0 Å². The Labute approximate surface area is 120 Å². The van der Waals surface area contributed by atoms with Gasteiger partial charge in [-0.25, -0.2) is 4.98 Å². The number of hydrogen-bond acceptors (Lipinski definition) is 4. The van der Waals surface area contributed by atoms with Crippen molar-refractivity contribution >= 4 is 11.7 Å². The molecule has 0 unspecified atom stereocenters. The van der Waals surface area contributed by atoms with Gasteiger partial charge in [0.15, 0.2) is 0 Å². The molecule has 0 radical (unpaired) electrons. The molecule has 5 heteroatoms. The lowest BCUT2D eigenvalue weighted by Crippen LogP contribution is -2.25. The number of carbonyl (C=O) groups excluding carboxylic acids is 1. The molecule has 1 amide bonds. The van der Waals surface area contributed by atoms with Crippen molar-refractivity contribution in [3.05, 3.63) is 23.4 Å². The van der Waals surface area contributed by atoms with Crippen molar-refractivity contribution in [2.45, 2.75) is 39.5 Å². The summed E-state index contributed by atoms with van der Waals surface area (Å²) in [6.45, 7) is 8.16. The van der Waals surface area contributed by atoms with E-state index in [1.165, 1.54) is 0 Å². The summed E-state index contributed by atoms with van der Waals surface area (Å²) < 4.78 is 5.36. The number of carbonyl (C=O) groups is 1. The molecule has 1 rings (SSSR count). The van der Waals surface area contributed by atoms with Crippen LogP contribution in [0.2, 0.25) is 0 Å². The van der Waals surface area contributed by atoms with Gasteiger partial charge in [0, 0.05) is 31.0 Å². The van der Waals surface area contributed by atoms with Crippen LogP contribution >= 0.6 is 0 Å². The van der Waals surface area contributed by atoms with Crippen LogP contribution < -0.4 is 11.1 Å². The summed E-state index contributed by atoms with van der Waals surface area (Å²) in [5, 5.41) is 2.87. The molecule has 0 atom stereocenters. The number of ether oxygens (including phenoxy) is 1. The number of hydrogen-bond donors (Lipinski definition) is 2. The van der Waals surface area contributed by atoms with Gasteiger partial charge < -0.3 is 15.8 Å². The number of anilines is 1. The summed E-state index contributed by atoms with van der Waals surface area (Å²) in [6, 6.07) is 3.40. The summed E-state index contributed by atoms with van der Waals surface area (Å²) in [4.78, 5) is 16.2. The van der Waals surface area contributed by atoms with E-state index in [0.717, 1.165) is 25.1 Å². The number of nitrogens with two attached hydrogens (primary N) is 1. The van der Waals surface area contributed by atoms with Gasteiger partial charge in [-0.2, -0.15) is 0 Å². The van der Waals surface area contributed by atoms with Gasteiger partial charge in [-0.05, 0) is 30.9 Å². The van der Waals surface area contributed by atoms with Crippen LogP contribution in [0.3, 0.4) is 0 Å². The Morgan fingerprint density at radius 2 is 2.15 bits per heavy atom. The summed E-state index contributed by atoms with van der Waals surface area (Å²) in [5.74, 6) is 0.511. The third-order valence-electron chi connectivity index (χ3n) is 2.82. The summed E-state index contributed by atoms with van der Waals surface area (Å²) in [6.07, 6.45) is 1.82. The molecule has 0 bridgehead atoms. The lowest BCUT2D eigenvalue weighted by atomic mass is 10.1. The Morgan fingerprint density at radius 3 is 2.80 bits per heavy atom. The predicted molar refractivity (Wildman–Crippen MR) is 80.8 cm³/mol. The average molecular weight is 279 g/mol. The second kappa shape index (κ2) is 8.53. The van der Waals surface area contributed by atoms with Crippen LogP contribution in [0.25, 0.3) is 0 Å². The molecule has 0 aromatic carbocycles. The van der Waals surface area contributed by atoms with Gasteiger partial charge in [0.05, 0.1) is 0 Å². The number of pyridine rings is 1. The van der Waals surface area contributed by atoms with E-state index >= 15 is 0 Å². The fourth-order valence-electron chi connectivity index (χ4n) is 1.73. The minimum atomic E-state index is -0.114. The van der Waals surface area contributed by atoms with Gasteiger partial charge in [0.1, 0.15) is 5.82 Å². The van der Waals surface area contributed by atoms with E-state index in [1.54, 1.807) is 12.1 Å². The molecule has 0 aliphatic heterocycles. The largest absolute Gasteiger partial charge is 0.384 e. The van der Waals surface area contributed by atoms with Crippen LogP contribution in [0.15, 0.2) is 12.1 Å². The highest BCUT2D eigenvalue weighted by atomic mass is 16.5. The average Bonchev–Trinajstić information content (AvgIpc) is 2.41. The molecular formula is C15H25N3O2. The second-order valence-electron chi connectivity index (χ2n) is 5.08. The van der Waals surface area contributed by atoms with E-state index in [0.29, 0.717) is 24.5 Å². The van der Waals surface area contributed by atoms with Crippen LogP contribution in [-0.2, 0) is 4.74 Å². The number of rotatable bonds is 8. The predicted octanol–water partition coefficient (Wildman–Crippen LogP) is 2.33. The molecular weight excluding hydrogens is 254 g/mol. The molecule has 0 aliphatic rings. The van der Waals surface area contributed by atoms with E-state index in [1.807, 2.05) is 13.8 Å². The van der Waals surface area contributed by atoms with E-state index in [4.69, 9.17) is 10.5 Å². The highest BCUT2D eigenvalue weighted by Gasteiger charge is 2.10. The number of nitrogen functional groups attached to an aromatic ring is 1. The minimum Gasteiger partial charge on any atom is -0.384 e. The summed E-state index contributed by atoms with van der Waals surface area (Å²) >= 11 is 0. The molecule has 5 nitrogen and oxygen atoms in total. The van der Waals surface area contributed by atoms with Gasteiger partial charge in [-0.1, -0.05) is 20.8 Å². The van der Waals surface area contributed by atoms with Crippen LogP contribution in [0.4, 0.5) is 5.82 Å². The van der Waals surface area contributed by atoms with Crippen molar-refractivity contribution in [2.75, 3.05) is 25.5 Å². The first-order valence-electron chi connectivity index (χ1n) is 7.18. The van der Waals surface area contributed by atoms with Crippen molar-refractivity contribution in [1.29, 1.82) is 0 Å². The highest BCUT2D eigenvalue weighted by Crippen LogP contribution is 2.15. The molecule has 0 spiro atoms. The van der Waals surface area contributed by atoms with E-state index in [2.05, 4.69) is 17.2 Å². The van der Waals surface area contributed by atoms with Crippen molar-refractivity contribution in [2.24, 2.45) is 0 Å². The van der Waals surface area contributed by atoms with Crippen LogP contribution in [0.1, 0.15) is 55.6 Å². The first-order valence-corrected chi connectivity index (χ1v) is 7.18. The maximum atomic E-state index is 12.0. The van der Waals surface area contributed by atoms with Gasteiger partial charge in [-0.3, -0.25) is 4.79 Å². The number of aromatic nitrogens is 1. The molecule has 1 aromatic heterocycles. The van der Waals surface area contributed by atoms with Crippen LogP contribution in [-0.4, -0.2) is 30.6 Å². The molecule has 0 aliphatic carbocycles. The Balaban J connectivity index is 2.47. The van der Waals surface area contributed by atoms with Crippen molar-refractivity contribution in [3.63, 3.8) is 0 Å². The van der Waals surface area contributed by atoms with Crippen LogP contribution in [0.5, 0.6) is 0 Å². The third kappa shape index (κ3) is 5.57. The number of nitrogens with one attached hydrogen (secondary N) is 1. The fraction of sp³-hybridized carbons (Fsp3) is 0.600. The van der Waals surface area contributed by atoms with Crippen molar-refractivity contribution in [1.82, 2.24) is 10.3 Å². The highest BCUT2D eigenvalue weighted by molar-refractivity contribution is 5.94. The van der Waals surface area contributed by atoms with Gasteiger partial charge in [0.25, 0.3) is 5.91 Å². The zero-order chi connectivity index (χ0) is 15.0. The molecule has 0 saturated heterocycles. The van der Waals surface area contributed by atoms with Crippen molar-refractivity contribution in [3.8, 4) is 0 Å². The van der Waals surface area contributed by atoms with E-state index in [-0.39, 0.29) is 11.8 Å². The topological polar surface area (TPSA) is 77.2 Å². The van der Waals surface area contributed by atoms with Crippen molar-refractivity contribution < 1.29 is 9.53 Å². The standard InChI is InChI=1S/C15H25N3O2/c1-4-7-20-8-5-6-17-15(19)12-9-13(11(2)3)18-14(16)10-12/h9-11H,4-8H2,1-3H3,(H2,16,18)(H,17,19). The maximum absolute atomic E-state index is 12.0. The van der Waals surface area contributed by atoms with Crippen LogP contribution in [0, 0.1) is 0 Å². The number of nitrogens with zero attached hydrogens (tertiary/aromatic N) is 1. The Morgan fingerprint density at radius 1 is 1.40 bits per heavy atom. The molecule has 112 valence electrons. The molecule has 0 saturated carbocycles. The monoisotopic (exact) mass is 279 g/mol. The zero-order valence-corrected chi connectivity index (χ0v) is 12.6. The van der Waals surface area contributed by atoms with Gasteiger partial charge >= 0.3 is 0 Å². The quantitative estimate of drug-likeness (QED) is 0.716. The van der Waals surface area contributed by atoms with Gasteiger partial charge in [0.2, 0.25) is 0 Å². The summed E-state index contributed by atoms with van der Waals surface area (Å²) in [5.41, 5.74) is 7.13. The lowest BCUT2D eigenvalue weighted by molar-refractivity contribution is 0.0941. The first kappa shape index (κ1) is 16.4.